The second kappa shape index (κ2) is 7.57. The first-order chi connectivity index (χ1) is 15.1. The smallest absolute Gasteiger partial charge is 0.259 e. The SMILES string of the molecule is COc1c(C(=O)Nc2ccc3oc(-c4cccc(F)c4)nc3c2)ccc2ccccc12. The van der Waals surface area contributed by atoms with Gasteiger partial charge in [-0.1, -0.05) is 36.4 Å². The quantitative estimate of drug-likeness (QED) is 0.390. The number of carbonyl (C=O) groups is 1. The van der Waals surface area contributed by atoms with Crippen LogP contribution in [0.1, 0.15) is 10.4 Å². The molecule has 0 saturated heterocycles. The number of halogens is 1. The topological polar surface area (TPSA) is 64.4 Å². The molecule has 1 N–H and O–H groups in total. The molecule has 4 aromatic carbocycles. The predicted molar refractivity (Wildman–Crippen MR) is 118 cm³/mol. The molecule has 5 aromatic rings. The van der Waals surface area contributed by atoms with Crippen molar-refractivity contribution in [2.45, 2.75) is 0 Å². The normalized spacial score (nSPS) is 11.0. The summed E-state index contributed by atoms with van der Waals surface area (Å²) in [4.78, 5) is 17.4. The monoisotopic (exact) mass is 412 g/mol. The number of hydrogen-bond acceptors (Lipinski definition) is 4. The minimum Gasteiger partial charge on any atom is -0.495 e. The minimum atomic E-state index is -0.364. The van der Waals surface area contributed by atoms with Gasteiger partial charge in [-0.3, -0.25) is 4.79 Å². The molecule has 0 atom stereocenters. The molecule has 0 bridgehead atoms. The van der Waals surface area contributed by atoms with E-state index in [4.69, 9.17) is 9.15 Å². The molecule has 5 nitrogen and oxygen atoms in total. The highest BCUT2D eigenvalue weighted by molar-refractivity contribution is 6.10. The second-order valence-electron chi connectivity index (χ2n) is 7.03. The van der Waals surface area contributed by atoms with E-state index < -0.39 is 0 Å². The van der Waals surface area contributed by atoms with Crippen molar-refractivity contribution in [1.29, 1.82) is 0 Å². The van der Waals surface area contributed by atoms with Crippen LogP contribution in [-0.2, 0) is 0 Å². The third-order valence-corrected chi connectivity index (χ3v) is 5.05. The van der Waals surface area contributed by atoms with Gasteiger partial charge in [0, 0.05) is 16.6 Å². The van der Waals surface area contributed by atoms with Crippen molar-refractivity contribution in [1.82, 2.24) is 4.98 Å². The summed E-state index contributed by atoms with van der Waals surface area (Å²) >= 11 is 0. The van der Waals surface area contributed by atoms with Gasteiger partial charge in [0.15, 0.2) is 5.58 Å². The Morgan fingerprint density at radius 1 is 1.00 bits per heavy atom. The van der Waals surface area contributed by atoms with Crippen LogP contribution >= 0.6 is 0 Å². The Morgan fingerprint density at radius 2 is 1.87 bits per heavy atom. The summed E-state index contributed by atoms with van der Waals surface area (Å²) in [5.41, 5.74) is 2.64. The molecule has 0 radical (unpaired) electrons. The first-order valence-corrected chi connectivity index (χ1v) is 9.66. The highest BCUT2D eigenvalue weighted by Gasteiger charge is 2.16. The highest BCUT2D eigenvalue weighted by atomic mass is 19.1. The maximum Gasteiger partial charge on any atom is 0.259 e. The van der Waals surface area contributed by atoms with Crippen molar-refractivity contribution >= 4 is 33.5 Å². The largest absolute Gasteiger partial charge is 0.495 e. The van der Waals surface area contributed by atoms with E-state index >= 15 is 0 Å². The van der Waals surface area contributed by atoms with Crippen LogP contribution in [0.4, 0.5) is 10.1 Å². The zero-order valence-corrected chi connectivity index (χ0v) is 16.6. The van der Waals surface area contributed by atoms with E-state index in [9.17, 15) is 9.18 Å². The summed E-state index contributed by atoms with van der Waals surface area (Å²) in [7, 11) is 1.55. The average molecular weight is 412 g/mol. The summed E-state index contributed by atoms with van der Waals surface area (Å²) in [6.07, 6.45) is 0. The van der Waals surface area contributed by atoms with E-state index in [1.165, 1.54) is 12.1 Å². The molecule has 5 rings (SSSR count). The van der Waals surface area contributed by atoms with Gasteiger partial charge in [-0.2, -0.15) is 0 Å². The Hall–Kier alpha value is -4.19. The Labute approximate surface area is 177 Å². The van der Waals surface area contributed by atoms with Crippen molar-refractivity contribution in [3.63, 3.8) is 0 Å². The van der Waals surface area contributed by atoms with Crippen molar-refractivity contribution in [3.8, 4) is 17.2 Å². The molecule has 0 unspecified atom stereocenters. The van der Waals surface area contributed by atoms with Gasteiger partial charge in [0.1, 0.15) is 17.1 Å². The number of fused-ring (bicyclic) bond motifs is 2. The number of aromatic nitrogens is 1. The van der Waals surface area contributed by atoms with Gasteiger partial charge in [-0.15, -0.1) is 0 Å². The molecule has 31 heavy (non-hydrogen) atoms. The maximum absolute atomic E-state index is 13.5. The molecule has 0 aliphatic heterocycles. The molecular weight excluding hydrogens is 395 g/mol. The number of nitrogens with zero attached hydrogens (tertiary/aromatic N) is 1. The van der Waals surface area contributed by atoms with Crippen LogP contribution in [-0.4, -0.2) is 18.0 Å². The molecular formula is C25H17FN2O3. The first-order valence-electron chi connectivity index (χ1n) is 9.66. The number of oxazole rings is 1. The molecule has 1 aromatic heterocycles. The van der Waals surface area contributed by atoms with Crippen LogP contribution < -0.4 is 10.1 Å². The lowest BCUT2D eigenvalue weighted by molar-refractivity contribution is 0.102. The molecule has 0 fully saturated rings. The van der Waals surface area contributed by atoms with Crippen molar-refractivity contribution in [2.24, 2.45) is 0 Å². The van der Waals surface area contributed by atoms with Gasteiger partial charge in [-0.05, 0) is 47.9 Å². The lowest BCUT2D eigenvalue weighted by Gasteiger charge is -2.12. The van der Waals surface area contributed by atoms with Crippen LogP contribution in [0.2, 0.25) is 0 Å². The van der Waals surface area contributed by atoms with Crippen LogP contribution in [0.25, 0.3) is 33.3 Å². The number of rotatable bonds is 4. The van der Waals surface area contributed by atoms with Crippen LogP contribution in [0.15, 0.2) is 83.3 Å². The zero-order valence-electron chi connectivity index (χ0n) is 16.6. The zero-order chi connectivity index (χ0) is 21.4. The predicted octanol–water partition coefficient (Wildman–Crippen LogP) is 6.05. The minimum absolute atomic E-state index is 0.296. The Balaban J connectivity index is 1.46. The molecule has 6 heteroatoms. The van der Waals surface area contributed by atoms with Gasteiger partial charge < -0.3 is 14.5 Å². The van der Waals surface area contributed by atoms with Crippen molar-refractivity contribution in [3.05, 3.63) is 90.2 Å². The Morgan fingerprint density at radius 3 is 2.71 bits per heavy atom. The number of methoxy groups -OCH3 is 1. The third kappa shape index (κ3) is 3.48. The molecule has 1 amide bonds. The van der Waals surface area contributed by atoms with Crippen LogP contribution in [0.3, 0.4) is 0 Å². The Bertz CT molecular complexity index is 1440. The van der Waals surface area contributed by atoms with Gasteiger partial charge in [0.2, 0.25) is 5.89 Å². The fourth-order valence-corrected chi connectivity index (χ4v) is 3.59. The standard InChI is InChI=1S/C25H17FN2O3/c1-30-23-19-8-3-2-5-15(19)9-11-20(23)24(29)27-18-10-12-22-21(14-18)28-25(31-22)16-6-4-7-17(26)13-16/h2-14H,1H3,(H,27,29). The van der Waals surface area contributed by atoms with E-state index in [1.807, 2.05) is 30.3 Å². The van der Waals surface area contributed by atoms with Crippen molar-refractivity contribution in [2.75, 3.05) is 12.4 Å². The summed E-state index contributed by atoms with van der Waals surface area (Å²) in [6, 6.07) is 22.6. The van der Waals surface area contributed by atoms with Gasteiger partial charge in [0.25, 0.3) is 5.91 Å². The number of benzene rings is 4. The lowest BCUT2D eigenvalue weighted by Crippen LogP contribution is -2.13. The lowest BCUT2D eigenvalue weighted by atomic mass is 10.0. The number of nitrogens with one attached hydrogen (secondary N) is 1. The number of amides is 1. The second-order valence-corrected chi connectivity index (χ2v) is 7.03. The van der Waals surface area contributed by atoms with E-state index in [0.29, 0.717) is 39.6 Å². The maximum atomic E-state index is 13.5. The van der Waals surface area contributed by atoms with Crippen LogP contribution in [0, 0.1) is 5.82 Å². The summed E-state index contributed by atoms with van der Waals surface area (Å²) in [5.74, 6) is 0.175. The molecule has 0 aliphatic carbocycles. The first kappa shape index (κ1) is 18.8. The number of hydrogen-bond donors (Lipinski definition) is 1. The third-order valence-electron chi connectivity index (χ3n) is 5.05. The van der Waals surface area contributed by atoms with Gasteiger partial charge >= 0.3 is 0 Å². The fourth-order valence-electron chi connectivity index (χ4n) is 3.59. The van der Waals surface area contributed by atoms with Gasteiger partial charge in [-0.25, -0.2) is 9.37 Å². The van der Waals surface area contributed by atoms with E-state index in [1.54, 1.807) is 43.5 Å². The van der Waals surface area contributed by atoms with E-state index in [0.717, 1.165) is 10.8 Å². The molecule has 0 saturated carbocycles. The molecule has 1 heterocycles. The van der Waals surface area contributed by atoms with Crippen molar-refractivity contribution < 1.29 is 18.3 Å². The summed E-state index contributed by atoms with van der Waals surface area (Å²) in [5, 5.41) is 4.74. The Kier molecular flexibility index (Phi) is 4.59. The summed E-state index contributed by atoms with van der Waals surface area (Å²) < 4.78 is 24.8. The number of ether oxygens (including phenoxy) is 1. The van der Waals surface area contributed by atoms with E-state index in [2.05, 4.69) is 10.3 Å². The number of anilines is 1. The number of carbonyl (C=O) groups excluding carboxylic acids is 1. The molecule has 0 aliphatic rings. The molecule has 0 spiro atoms. The summed E-state index contributed by atoms with van der Waals surface area (Å²) in [6.45, 7) is 0. The molecule has 152 valence electrons. The van der Waals surface area contributed by atoms with E-state index in [-0.39, 0.29) is 11.7 Å². The highest BCUT2D eigenvalue weighted by Crippen LogP contribution is 2.31. The van der Waals surface area contributed by atoms with Crippen LogP contribution in [0.5, 0.6) is 5.75 Å². The fraction of sp³-hybridized carbons (Fsp3) is 0.0400. The van der Waals surface area contributed by atoms with Gasteiger partial charge in [0.05, 0.1) is 12.7 Å². The average Bonchev–Trinajstić information content (AvgIpc) is 3.21.